The molecule has 0 aliphatic carbocycles. The second-order valence-electron chi connectivity index (χ2n) is 4.54. The van der Waals surface area contributed by atoms with Crippen LogP contribution in [0.4, 0.5) is 13.2 Å². The first-order valence-corrected chi connectivity index (χ1v) is 6.10. The molecule has 0 bridgehead atoms. The first-order valence-electron chi connectivity index (χ1n) is 6.10. The van der Waals surface area contributed by atoms with Crippen molar-refractivity contribution in [3.63, 3.8) is 0 Å². The van der Waals surface area contributed by atoms with Gasteiger partial charge in [-0.3, -0.25) is 4.79 Å². The van der Waals surface area contributed by atoms with Gasteiger partial charge in [-0.25, -0.2) is 0 Å². The molecule has 1 aromatic carbocycles. The van der Waals surface area contributed by atoms with Crippen molar-refractivity contribution in [2.45, 2.75) is 19.0 Å². The SMILES string of the molecule is CN(CCC(F)(F)F)C(=O)Cc1ccc(C(N)=NO)cc1. The summed E-state index contributed by atoms with van der Waals surface area (Å²) in [5, 5.41) is 11.3. The van der Waals surface area contributed by atoms with Crippen LogP contribution in [-0.2, 0) is 11.2 Å². The Hall–Kier alpha value is -2.25. The lowest BCUT2D eigenvalue weighted by molar-refractivity contribution is -0.143. The van der Waals surface area contributed by atoms with Crippen molar-refractivity contribution >= 4 is 11.7 Å². The van der Waals surface area contributed by atoms with Gasteiger partial charge in [0.2, 0.25) is 5.91 Å². The van der Waals surface area contributed by atoms with Crippen LogP contribution in [0.15, 0.2) is 29.4 Å². The molecule has 1 rings (SSSR count). The van der Waals surface area contributed by atoms with E-state index in [1.807, 2.05) is 0 Å². The van der Waals surface area contributed by atoms with E-state index in [1.165, 1.54) is 7.05 Å². The quantitative estimate of drug-likeness (QED) is 0.376. The molecule has 0 aromatic heterocycles. The smallest absolute Gasteiger partial charge is 0.390 e. The molecule has 0 heterocycles. The van der Waals surface area contributed by atoms with Crippen molar-refractivity contribution in [2.24, 2.45) is 10.9 Å². The van der Waals surface area contributed by atoms with Crippen molar-refractivity contribution in [2.75, 3.05) is 13.6 Å². The Labute approximate surface area is 119 Å². The average Bonchev–Trinajstić information content (AvgIpc) is 2.43. The van der Waals surface area contributed by atoms with Crippen molar-refractivity contribution in [1.82, 2.24) is 4.90 Å². The van der Waals surface area contributed by atoms with Crippen molar-refractivity contribution in [3.05, 3.63) is 35.4 Å². The van der Waals surface area contributed by atoms with Crippen LogP contribution in [0.25, 0.3) is 0 Å². The van der Waals surface area contributed by atoms with Gasteiger partial charge in [0.15, 0.2) is 5.84 Å². The number of halogens is 3. The standard InChI is InChI=1S/C13H16F3N3O2/c1-19(7-6-13(14,15)16)11(20)8-9-2-4-10(5-3-9)12(17)18-21/h2-5,21H,6-8H2,1H3,(H2,17,18). The molecule has 5 nitrogen and oxygen atoms in total. The molecule has 0 aliphatic rings. The van der Waals surface area contributed by atoms with Crippen LogP contribution in [0.3, 0.4) is 0 Å². The van der Waals surface area contributed by atoms with Crippen LogP contribution in [0, 0.1) is 0 Å². The molecule has 8 heteroatoms. The summed E-state index contributed by atoms with van der Waals surface area (Å²) in [7, 11) is 1.33. The van der Waals surface area contributed by atoms with Crippen molar-refractivity contribution in [1.29, 1.82) is 0 Å². The van der Waals surface area contributed by atoms with E-state index in [4.69, 9.17) is 10.9 Å². The van der Waals surface area contributed by atoms with Gasteiger partial charge in [0.25, 0.3) is 0 Å². The lowest BCUT2D eigenvalue weighted by Crippen LogP contribution is -2.31. The van der Waals surface area contributed by atoms with Gasteiger partial charge in [0, 0.05) is 19.2 Å². The summed E-state index contributed by atoms with van der Waals surface area (Å²) < 4.78 is 36.2. The van der Waals surface area contributed by atoms with Gasteiger partial charge in [-0.2, -0.15) is 13.2 Å². The molecule has 116 valence electrons. The largest absolute Gasteiger partial charge is 0.409 e. The van der Waals surface area contributed by atoms with Gasteiger partial charge in [0.1, 0.15) is 0 Å². The van der Waals surface area contributed by atoms with Crippen LogP contribution in [0.5, 0.6) is 0 Å². The van der Waals surface area contributed by atoms with E-state index >= 15 is 0 Å². The summed E-state index contributed by atoms with van der Waals surface area (Å²) in [6.07, 6.45) is -5.32. The molecule has 0 unspecified atom stereocenters. The molecule has 0 aliphatic heterocycles. The highest BCUT2D eigenvalue weighted by Crippen LogP contribution is 2.19. The lowest BCUT2D eigenvalue weighted by atomic mass is 10.1. The fourth-order valence-corrected chi connectivity index (χ4v) is 1.58. The minimum atomic E-state index is -4.28. The van der Waals surface area contributed by atoms with Crippen LogP contribution in [0.1, 0.15) is 17.5 Å². The molecule has 0 spiro atoms. The third kappa shape index (κ3) is 5.72. The van der Waals surface area contributed by atoms with Crippen LogP contribution >= 0.6 is 0 Å². The predicted molar refractivity (Wildman–Crippen MR) is 71.0 cm³/mol. The maximum Gasteiger partial charge on any atom is 0.390 e. The first-order chi connectivity index (χ1) is 9.73. The maximum atomic E-state index is 12.1. The van der Waals surface area contributed by atoms with Gasteiger partial charge in [-0.05, 0) is 5.56 Å². The Balaban J connectivity index is 2.58. The fourth-order valence-electron chi connectivity index (χ4n) is 1.58. The van der Waals surface area contributed by atoms with Gasteiger partial charge in [-0.15, -0.1) is 0 Å². The number of nitrogens with two attached hydrogens (primary N) is 1. The summed E-state index contributed by atoms with van der Waals surface area (Å²) in [6.45, 7) is -0.371. The molecule has 21 heavy (non-hydrogen) atoms. The Kier molecular flexibility index (Phi) is 5.57. The van der Waals surface area contributed by atoms with E-state index in [-0.39, 0.29) is 18.8 Å². The molecule has 0 fully saturated rings. The third-order valence-electron chi connectivity index (χ3n) is 2.87. The molecule has 0 atom stereocenters. The summed E-state index contributed by atoms with van der Waals surface area (Å²) in [5.74, 6) is -0.467. The number of alkyl halides is 3. The lowest BCUT2D eigenvalue weighted by Gasteiger charge is -2.18. The van der Waals surface area contributed by atoms with Crippen LogP contribution < -0.4 is 5.73 Å². The van der Waals surface area contributed by atoms with E-state index in [1.54, 1.807) is 24.3 Å². The third-order valence-corrected chi connectivity index (χ3v) is 2.87. The first kappa shape index (κ1) is 16.8. The minimum absolute atomic E-state index is 0.00912. The Morgan fingerprint density at radius 3 is 2.38 bits per heavy atom. The monoisotopic (exact) mass is 303 g/mol. The number of benzene rings is 1. The number of hydrogen-bond donors (Lipinski definition) is 2. The molecule has 1 amide bonds. The van der Waals surface area contributed by atoms with E-state index in [9.17, 15) is 18.0 Å². The summed E-state index contributed by atoms with van der Waals surface area (Å²) in [5.41, 5.74) is 6.51. The van der Waals surface area contributed by atoms with Gasteiger partial charge in [0.05, 0.1) is 12.8 Å². The Morgan fingerprint density at radius 2 is 1.90 bits per heavy atom. The van der Waals surface area contributed by atoms with E-state index in [2.05, 4.69) is 5.16 Å². The molecular formula is C13H16F3N3O2. The molecule has 3 N–H and O–H groups in total. The molecule has 0 radical (unpaired) electrons. The highest BCUT2D eigenvalue weighted by atomic mass is 19.4. The van der Waals surface area contributed by atoms with Crippen LogP contribution in [0.2, 0.25) is 0 Å². The molecular weight excluding hydrogens is 287 g/mol. The van der Waals surface area contributed by atoms with E-state index in [0.29, 0.717) is 11.1 Å². The second kappa shape index (κ2) is 6.96. The molecule has 0 saturated carbocycles. The Morgan fingerprint density at radius 1 is 1.33 bits per heavy atom. The van der Waals surface area contributed by atoms with Gasteiger partial charge >= 0.3 is 6.18 Å². The number of amides is 1. The number of nitrogens with zero attached hydrogens (tertiary/aromatic N) is 2. The number of carbonyl (C=O) groups is 1. The maximum absolute atomic E-state index is 12.1. The van der Waals surface area contributed by atoms with Gasteiger partial charge in [-0.1, -0.05) is 29.4 Å². The highest BCUT2D eigenvalue weighted by Gasteiger charge is 2.27. The fraction of sp³-hybridized carbons (Fsp3) is 0.385. The number of oxime groups is 1. The van der Waals surface area contributed by atoms with E-state index < -0.39 is 18.5 Å². The summed E-state index contributed by atoms with van der Waals surface area (Å²) in [4.78, 5) is 12.8. The van der Waals surface area contributed by atoms with Crippen molar-refractivity contribution in [3.8, 4) is 0 Å². The van der Waals surface area contributed by atoms with Gasteiger partial charge < -0.3 is 15.8 Å². The zero-order valence-electron chi connectivity index (χ0n) is 11.4. The van der Waals surface area contributed by atoms with E-state index in [0.717, 1.165) is 4.90 Å². The molecule has 1 aromatic rings. The molecule has 0 saturated heterocycles. The highest BCUT2D eigenvalue weighted by molar-refractivity contribution is 5.97. The number of hydrogen-bond acceptors (Lipinski definition) is 3. The number of carbonyl (C=O) groups excluding carboxylic acids is 1. The van der Waals surface area contributed by atoms with Crippen LogP contribution in [-0.4, -0.2) is 41.6 Å². The summed E-state index contributed by atoms with van der Waals surface area (Å²) >= 11 is 0. The summed E-state index contributed by atoms with van der Waals surface area (Å²) in [6, 6.07) is 6.33. The number of likely N-dealkylation sites (N-methyl/N-ethyl adjacent to an activating group) is 1. The second-order valence-corrected chi connectivity index (χ2v) is 4.54. The zero-order valence-corrected chi connectivity index (χ0v) is 11.4. The average molecular weight is 303 g/mol. The van der Waals surface area contributed by atoms with Crippen molar-refractivity contribution < 1.29 is 23.2 Å². The number of rotatable bonds is 5. The number of amidine groups is 1. The Bertz CT molecular complexity index is 512. The normalized spacial score (nSPS) is 12.3. The minimum Gasteiger partial charge on any atom is -0.409 e. The topological polar surface area (TPSA) is 78.9 Å². The predicted octanol–water partition coefficient (Wildman–Crippen LogP) is 1.73. The zero-order chi connectivity index (χ0) is 16.0.